The summed E-state index contributed by atoms with van der Waals surface area (Å²) in [4.78, 5) is 28.5. The van der Waals surface area contributed by atoms with Gasteiger partial charge in [0.05, 0.1) is 27.3 Å². The first-order valence-corrected chi connectivity index (χ1v) is 9.23. The minimum atomic E-state index is -0.332. The fraction of sp³-hybridized carbons (Fsp3) is 0. The van der Waals surface area contributed by atoms with Gasteiger partial charge in [-0.1, -0.05) is 41.9 Å². The molecule has 7 heteroatoms. The molecule has 0 atom stereocenters. The Bertz CT molecular complexity index is 1310. The highest BCUT2D eigenvalue weighted by molar-refractivity contribution is 7.71. The number of benzene rings is 3. The van der Waals surface area contributed by atoms with Crippen molar-refractivity contribution in [3.63, 3.8) is 0 Å². The molecule has 0 spiro atoms. The van der Waals surface area contributed by atoms with Crippen LogP contribution >= 0.6 is 23.8 Å². The summed E-state index contributed by atoms with van der Waals surface area (Å²) in [5.74, 6) is -0.332. The second-order valence-electron chi connectivity index (χ2n) is 6.10. The molecule has 3 aromatic carbocycles. The van der Waals surface area contributed by atoms with E-state index >= 15 is 0 Å². The van der Waals surface area contributed by atoms with Crippen molar-refractivity contribution in [2.75, 3.05) is 5.32 Å². The minimum absolute atomic E-state index is 0.247. The molecule has 0 saturated heterocycles. The van der Waals surface area contributed by atoms with Gasteiger partial charge in [-0.15, -0.1) is 0 Å². The van der Waals surface area contributed by atoms with E-state index in [4.69, 9.17) is 23.8 Å². The van der Waals surface area contributed by atoms with E-state index < -0.39 is 0 Å². The van der Waals surface area contributed by atoms with Crippen molar-refractivity contribution in [1.82, 2.24) is 9.55 Å². The minimum Gasteiger partial charge on any atom is -0.331 e. The Balaban J connectivity index is 1.76. The summed E-state index contributed by atoms with van der Waals surface area (Å²) in [5, 5.41) is 3.65. The van der Waals surface area contributed by atoms with Crippen LogP contribution in [0.15, 0.2) is 77.6 Å². The second kappa shape index (κ2) is 7.42. The van der Waals surface area contributed by atoms with Crippen LogP contribution < -0.4 is 10.9 Å². The number of aromatic amines is 1. The number of hydrogen-bond donors (Lipinski definition) is 2. The molecule has 0 unspecified atom stereocenters. The van der Waals surface area contributed by atoms with E-state index in [1.165, 1.54) is 4.57 Å². The van der Waals surface area contributed by atoms with Gasteiger partial charge in [0.15, 0.2) is 4.77 Å². The van der Waals surface area contributed by atoms with E-state index in [-0.39, 0.29) is 16.2 Å². The van der Waals surface area contributed by atoms with Crippen LogP contribution in [0, 0.1) is 4.77 Å². The lowest BCUT2D eigenvalue weighted by molar-refractivity contribution is 0.102. The van der Waals surface area contributed by atoms with Crippen LogP contribution in [0.4, 0.5) is 5.69 Å². The van der Waals surface area contributed by atoms with E-state index in [2.05, 4.69) is 10.3 Å². The Morgan fingerprint density at radius 3 is 2.46 bits per heavy atom. The molecule has 0 saturated carbocycles. The molecule has 0 aliphatic carbocycles. The molecule has 4 rings (SSSR count). The second-order valence-corrected chi connectivity index (χ2v) is 6.89. The molecule has 0 aliphatic heterocycles. The third kappa shape index (κ3) is 3.35. The van der Waals surface area contributed by atoms with Crippen LogP contribution in [0.2, 0.25) is 5.02 Å². The van der Waals surface area contributed by atoms with Crippen molar-refractivity contribution in [3.05, 3.63) is 98.5 Å². The lowest BCUT2D eigenvalue weighted by Gasteiger charge is -2.10. The van der Waals surface area contributed by atoms with Crippen LogP contribution in [-0.4, -0.2) is 15.5 Å². The van der Waals surface area contributed by atoms with E-state index in [1.807, 2.05) is 30.3 Å². The van der Waals surface area contributed by atoms with Gasteiger partial charge in [-0.05, 0) is 54.7 Å². The Hall–Kier alpha value is -3.22. The van der Waals surface area contributed by atoms with E-state index in [0.717, 1.165) is 0 Å². The maximum atomic E-state index is 12.9. The normalized spacial score (nSPS) is 10.8. The predicted molar refractivity (Wildman–Crippen MR) is 114 cm³/mol. The van der Waals surface area contributed by atoms with Crippen LogP contribution in [-0.2, 0) is 0 Å². The van der Waals surface area contributed by atoms with Gasteiger partial charge in [-0.3, -0.25) is 14.2 Å². The highest BCUT2D eigenvalue weighted by atomic mass is 35.5. The Labute approximate surface area is 170 Å². The number of nitrogens with zero attached hydrogens (tertiary/aromatic N) is 1. The first kappa shape index (κ1) is 18.2. The quantitative estimate of drug-likeness (QED) is 0.472. The van der Waals surface area contributed by atoms with E-state index in [0.29, 0.717) is 32.9 Å². The SMILES string of the molecule is O=C(Nc1ccccc1Cl)c1ccc2c(=O)n(-c3ccccc3)c(=S)[nH]c2c1. The van der Waals surface area contributed by atoms with Gasteiger partial charge >= 0.3 is 0 Å². The maximum Gasteiger partial charge on any atom is 0.266 e. The van der Waals surface area contributed by atoms with Gasteiger partial charge in [-0.25, -0.2) is 0 Å². The van der Waals surface area contributed by atoms with Crippen LogP contribution in [0.5, 0.6) is 0 Å². The zero-order valence-electron chi connectivity index (χ0n) is 14.5. The molecule has 1 aromatic heterocycles. The molecular formula is C21H14ClN3O2S. The molecule has 5 nitrogen and oxygen atoms in total. The fourth-order valence-electron chi connectivity index (χ4n) is 2.93. The van der Waals surface area contributed by atoms with Crippen molar-refractivity contribution in [3.8, 4) is 5.69 Å². The fourth-order valence-corrected chi connectivity index (χ4v) is 3.41. The first-order valence-electron chi connectivity index (χ1n) is 8.45. The number of halogens is 1. The van der Waals surface area contributed by atoms with Gasteiger partial charge < -0.3 is 10.3 Å². The largest absolute Gasteiger partial charge is 0.331 e. The third-order valence-electron chi connectivity index (χ3n) is 4.30. The summed E-state index contributed by atoms with van der Waals surface area (Å²) in [6.45, 7) is 0. The highest BCUT2D eigenvalue weighted by Gasteiger charge is 2.12. The smallest absolute Gasteiger partial charge is 0.266 e. The predicted octanol–water partition coefficient (Wildman–Crippen LogP) is 4.95. The number of fused-ring (bicyclic) bond motifs is 1. The first-order chi connectivity index (χ1) is 13.5. The molecule has 28 heavy (non-hydrogen) atoms. The maximum absolute atomic E-state index is 12.9. The van der Waals surface area contributed by atoms with Crippen molar-refractivity contribution < 1.29 is 4.79 Å². The van der Waals surface area contributed by atoms with Gasteiger partial charge in [0.25, 0.3) is 11.5 Å². The number of carbonyl (C=O) groups excluding carboxylic acids is 1. The summed E-state index contributed by atoms with van der Waals surface area (Å²) < 4.78 is 1.69. The number of H-pyrrole nitrogens is 1. The van der Waals surface area contributed by atoms with E-state index in [1.54, 1.807) is 42.5 Å². The standard InChI is InChI=1S/C21H14ClN3O2S/c22-16-8-4-5-9-17(16)23-19(26)13-10-11-15-18(12-13)24-21(28)25(20(15)27)14-6-2-1-3-7-14/h1-12H,(H,23,26)(H,24,28). The van der Waals surface area contributed by atoms with Crippen LogP contribution in [0.25, 0.3) is 16.6 Å². The molecule has 1 heterocycles. The molecule has 138 valence electrons. The molecule has 0 radical (unpaired) electrons. The lowest BCUT2D eigenvalue weighted by atomic mass is 10.1. The zero-order valence-corrected chi connectivity index (χ0v) is 16.1. The summed E-state index contributed by atoms with van der Waals surface area (Å²) in [7, 11) is 0. The van der Waals surface area contributed by atoms with Crippen molar-refractivity contribution >= 4 is 46.3 Å². The molecule has 1 amide bonds. The average Bonchev–Trinajstić information content (AvgIpc) is 2.70. The van der Waals surface area contributed by atoms with Crippen molar-refractivity contribution in [2.24, 2.45) is 0 Å². The summed E-state index contributed by atoms with van der Waals surface area (Å²) >= 11 is 11.5. The van der Waals surface area contributed by atoms with Gasteiger partial charge in [0.1, 0.15) is 0 Å². The van der Waals surface area contributed by atoms with Gasteiger partial charge in [0.2, 0.25) is 0 Å². The molecule has 2 N–H and O–H groups in total. The van der Waals surface area contributed by atoms with Gasteiger partial charge in [0, 0.05) is 5.56 Å². The summed E-state index contributed by atoms with van der Waals surface area (Å²) in [6, 6.07) is 21.0. The number of anilines is 1. The third-order valence-corrected chi connectivity index (χ3v) is 4.91. The topological polar surface area (TPSA) is 66.9 Å². The molecule has 4 aromatic rings. The molecule has 0 bridgehead atoms. The number of nitrogens with one attached hydrogen (secondary N) is 2. The number of hydrogen-bond acceptors (Lipinski definition) is 3. The Morgan fingerprint density at radius 2 is 1.71 bits per heavy atom. The highest BCUT2D eigenvalue weighted by Crippen LogP contribution is 2.22. The number of rotatable bonds is 3. The van der Waals surface area contributed by atoms with Crippen LogP contribution in [0.1, 0.15) is 10.4 Å². The number of para-hydroxylation sites is 2. The number of aromatic nitrogens is 2. The van der Waals surface area contributed by atoms with Crippen LogP contribution in [0.3, 0.4) is 0 Å². The van der Waals surface area contributed by atoms with Gasteiger partial charge in [-0.2, -0.15) is 0 Å². The lowest BCUT2D eigenvalue weighted by Crippen LogP contribution is -2.21. The Morgan fingerprint density at radius 1 is 1.00 bits per heavy atom. The monoisotopic (exact) mass is 407 g/mol. The Kier molecular flexibility index (Phi) is 4.81. The number of carbonyl (C=O) groups is 1. The average molecular weight is 408 g/mol. The zero-order chi connectivity index (χ0) is 19.7. The number of amides is 1. The molecule has 0 aliphatic rings. The van der Waals surface area contributed by atoms with Crippen molar-refractivity contribution in [2.45, 2.75) is 0 Å². The van der Waals surface area contributed by atoms with Crippen molar-refractivity contribution in [1.29, 1.82) is 0 Å². The molecule has 0 fully saturated rings. The summed E-state index contributed by atoms with van der Waals surface area (Å²) in [5.41, 5.74) is 1.82. The van der Waals surface area contributed by atoms with E-state index in [9.17, 15) is 9.59 Å². The summed E-state index contributed by atoms with van der Waals surface area (Å²) in [6.07, 6.45) is 0. The molecular weight excluding hydrogens is 394 g/mol.